The highest BCUT2D eigenvalue weighted by atomic mass is 19.4. The number of rotatable bonds is 7. The van der Waals surface area contributed by atoms with Crippen LogP contribution in [0.5, 0.6) is 5.75 Å². The third kappa shape index (κ3) is 5.53. The summed E-state index contributed by atoms with van der Waals surface area (Å²) < 4.78 is 43.7. The third-order valence-corrected chi connectivity index (χ3v) is 5.77. The van der Waals surface area contributed by atoms with Gasteiger partial charge in [0.25, 0.3) is 0 Å². The Morgan fingerprint density at radius 2 is 1.80 bits per heavy atom. The fraction of sp³-hybridized carbons (Fsp3) is 0.435. The molecule has 1 unspecified atom stereocenters. The van der Waals surface area contributed by atoms with Gasteiger partial charge < -0.3 is 14.5 Å². The zero-order valence-corrected chi connectivity index (χ0v) is 17.3. The van der Waals surface area contributed by atoms with Gasteiger partial charge in [0, 0.05) is 19.9 Å². The van der Waals surface area contributed by atoms with Crippen LogP contribution in [-0.4, -0.2) is 44.6 Å². The number of hydrogen-bond acceptors (Lipinski definition) is 2. The topological polar surface area (TPSA) is 34.0 Å². The van der Waals surface area contributed by atoms with Crippen LogP contribution in [0.1, 0.15) is 35.6 Å². The summed E-state index contributed by atoms with van der Waals surface area (Å²) in [5, 5.41) is 0. The Balaban J connectivity index is 1.77. The van der Waals surface area contributed by atoms with Crippen LogP contribution >= 0.6 is 0 Å². The first kappa shape index (κ1) is 22.2. The average molecular weight is 421 g/mol. The Kier molecular flexibility index (Phi) is 7.02. The molecule has 0 aliphatic carbocycles. The Labute approximate surface area is 175 Å². The maximum absolute atomic E-state index is 13.0. The van der Waals surface area contributed by atoms with E-state index in [4.69, 9.17) is 4.74 Å². The van der Waals surface area contributed by atoms with Crippen LogP contribution in [-0.2, 0) is 17.4 Å². The predicted octanol–water partition coefficient (Wildman–Crippen LogP) is 3.13. The van der Waals surface area contributed by atoms with E-state index >= 15 is 0 Å². The maximum atomic E-state index is 13.0. The smallest absolute Gasteiger partial charge is 0.416 e. The molecule has 1 N–H and O–H groups in total. The number of quaternary nitrogens is 1. The van der Waals surface area contributed by atoms with Crippen molar-refractivity contribution >= 4 is 5.91 Å². The number of hydrogen-bond donors (Lipinski definition) is 1. The fourth-order valence-corrected chi connectivity index (χ4v) is 3.96. The van der Waals surface area contributed by atoms with Gasteiger partial charge in [-0.1, -0.05) is 24.3 Å². The van der Waals surface area contributed by atoms with E-state index in [1.54, 1.807) is 19.1 Å². The van der Waals surface area contributed by atoms with Gasteiger partial charge in [-0.05, 0) is 35.4 Å². The van der Waals surface area contributed by atoms with Gasteiger partial charge in [-0.3, -0.25) is 4.79 Å². The van der Waals surface area contributed by atoms with E-state index < -0.39 is 11.7 Å². The number of carbonyl (C=O) groups excluding carboxylic acids is 1. The molecule has 1 heterocycles. The van der Waals surface area contributed by atoms with E-state index in [1.807, 2.05) is 24.3 Å². The van der Waals surface area contributed by atoms with E-state index in [0.717, 1.165) is 43.1 Å². The van der Waals surface area contributed by atoms with Crippen molar-refractivity contribution in [1.29, 1.82) is 0 Å². The molecule has 1 saturated heterocycles. The first-order valence-corrected chi connectivity index (χ1v) is 10.2. The van der Waals surface area contributed by atoms with Gasteiger partial charge in [0.05, 0.1) is 32.2 Å². The monoisotopic (exact) mass is 421 g/mol. The van der Waals surface area contributed by atoms with Crippen LogP contribution in [0.15, 0.2) is 48.5 Å². The minimum atomic E-state index is -4.38. The number of nitrogens with zero attached hydrogens (tertiary/aromatic N) is 1. The van der Waals surface area contributed by atoms with Gasteiger partial charge in [-0.15, -0.1) is 0 Å². The highest BCUT2D eigenvalue weighted by Crippen LogP contribution is 2.29. The summed E-state index contributed by atoms with van der Waals surface area (Å²) in [7, 11) is 3.38. The second kappa shape index (κ2) is 9.51. The number of likely N-dealkylation sites (N-methyl/N-ethyl adjacent to an activating group) is 1. The van der Waals surface area contributed by atoms with Crippen LogP contribution in [0.25, 0.3) is 0 Å². The molecule has 7 heteroatoms. The molecule has 0 radical (unpaired) electrons. The molecule has 1 amide bonds. The van der Waals surface area contributed by atoms with E-state index in [9.17, 15) is 18.0 Å². The lowest BCUT2D eigenvalue weighted by Gasteiger charge is -2.30. The number of carbonyl (C=O) groups is 1. The molecule has 0 saturated carbocycles. The number of ether oxygens (including phenoxy) is 1. The summed E-state index contributed by atoms with van der Waals surface area (Å²) >= 11 is 0. The van der Waals surface area contributed by atoms with Gasteiger partial charge in [0.2, 0.25) is 5.91 Å². The standard InChI is InChI=1S/C23H27F3N2O2/c1-27(22(29)14-17-8-10-19(11-9-17)23(24,25)26)21(16-28-12-3-4-13-28)18-6-5-7-20(15-18)30-2/h5-11,15,21H,3-4,12-14,16H2,1-2H3/p+1. The molecule has 4 nitrogen and oxygen atoms in total. The van der Waals surface area contributed by atoms with Gasteiger partial charge in [0.1, 0.15) is 18.3 Å². The van der Waals surface area contributed by atoms with Crippen molar-refractivity contribution in [2.24, 2.45) is 0 Å². The zero-order valence-electron chi connectivity index (χ0n) is 17.3. The highest BCUT2D eigenvalue weighted by molar-refractivity contribution is 5.79. The lowest BCUT2D eigenvalue weighted by atomic mass is 10.0. The molecule has 162 valence electrons. The maximum Gasteiger partial charge on any atom is 0.416 e. The Hall–Kier alpha value is -2.54. The molecule has 0 spiro atoms. The lowest BCUT2D eigenvalue weighted by molar-refractivity contribution is -0.890. The van der Waals surface area contributed by atoms with Crippen molar-refractivity contribution in [1.82, 2.24) is 4.90 Å². The third-order valence-electron chi connectivity index (χ3n) is 5.77. The van der Waals surface area contributed by atoms with Crippen molar-refractivity contribution in [3.05, 3.63) is 65.2 Å². The van der Waals surface area contributed by atoms with Gasteiger partial charge in [0.15, 0.2) is 0 Å². The minimum absolute atomic E-state index is 0.0600. The quantitative estimate of drug-likeness (QED) is 0.746. The SMILES string of the molecule is COc1cccc(C(C[NH+]2CCCC2)N(C)C(=O)Cc2ccc(C(F)(F)F)cc2)c1. The van der Waals surface area contributed by atoms with Crippen LogP contribution in [0.3, 0.4) is 0 Å². The summed E-state index contributed by atoms with van der Waals surface area (Å²) in [6.45, 7) is 2.96. The van der Waals surface area contributed by atoms with Crippen LogP contribution < -0.4 is 9.64 Å². The van der Waals surface area contributed by atoms with Crippen molar-refractivity contribution in [3.63, 3.8) is 0 Å². The summed E-state index contributed by atoms with van der Waals surface area (Å²) in [5.41, 5.74) is 0.855. The first-order valence-electron chi connectivity index (χ1n) is 10.2. The molecular formula is C23H28F3N2O2+. The van der Waals surface area contributed by atoms with Crippen molar-refractivity contribution < 1.29 is 27.6 Å². The predicted molar refractivity (Wildman–Crippen MR) is 108 cm³/mol. The van der Waals surface area contributed by atoms with E-state index in [2.05, 4.69) is 0 Å². The average Bonchev–Trinajstić information content (AvgIpc) is 3.24. The summed E-state index contributed by atoms with van der Waals surface area (Å²) in [6, 6.07) is 12.4. The number of halogens is 3. The normalized spacial score (nSPS) is 15.8. The number of amides is 1. The van der Waals surface area contributed by atoms with Gasteiger partial charge >= 0.3 is 6.18 Å². The molecule has 30 heavy (non-hydrogen) atoms. The molecule has 2 aromatic carbocycles. The summed E-state index contributed by atoms with van der Waals surface area (Å²) in [5.74, 6) is 0.610. The number of nitrogens with one attached hydrogen (secondary N) is 1. The van der Waals surface area contributed by atoms with Gasteiger partial charge in [-0.25, -0.2) is 0 Å². The first-order chi connectivity index (χ1) is 14.3. The van der Waals surface area contributed by atoms with E-state index in [-0.39, 0.29) is 18.4 Å². The van der Waals surface area contributed by atoms with Crippen molar-refractivity contribution in [2.75, 3.05) is 33.8 Å². The summed E-state index contributed by atoms with van der Waals surface area (Å²) in [4.78, 5) is 16.2. The van der Waals surface area contributed by atoms with Gasteiger partial charge in [-0.2, -0.15) is 13.2 Å². The number of methoxy groups -OCH3 is 1. The second-order valence-corrected chi connectivity index (χ2v) is 7.83. The molecule has 0 aromatic heterocycles. The molecule has 1 aliphatic rings. The molecular weight excluding hydrogens is 393 g/mol. The fourth-order valence-electron chi connectivity index (χ4n) is 3.96. The Morgan fingerprint density at radius 3 is 2.40 bits per heavy atom. The minimum Gasteiger partial charge on any atom is -0.497 e. The number of likely N-dealkylation sites (tertiary alicyclic amines) is 1. The lowest BCUT2D eigenvalue weighted by Crippen LogP contribution is -3.10. The molecule has 1 aliphatic heterocycles. The zero-order chi connectivity index (χ0) is 21.7. The van der Waals surface area contributed by atoms with Crippen molar-refractivity contribution in [3.8, 4) is 5.75 Å². The van der Waals surface area contributed by atoms with E-state index in [0.29, 0.717) is 5.56 Å². The van der Waals surface area contributed by atoms with Crippen molar-refractivity contribution in [2.45, 2.75) is 31.5 Å². The van der Waals surface area contributed by atoms with E-state index in [1.165, 1.54) is 29.9 Å². The van der Waals surface area contributed by atoms with Crippen LogP contribution in [0.2, 0.25) is 0 Å². The highest BCUT2D eigenvalue weighted by Gasteiger charge is 2.31. The van der Waals surface area contributed by atoms with Crippen LogP contribution in [0.4, 0.5) is 13.2 Å². The molecule has 3 rings (SSSR count). The summed E-state index contributed by atoms with van der Waals surface area (Å²) in [6.07, 6.45) is -1.95. The number of alkyl halides is 3. The largest absolute Gasteiger partial charge is 0.497 e. The Morgan fingerprint density at radius 1 is 1.13 bits per heavy atom. The molecule has 0 bridgehead atoms. The van der Waals surface area contributed by atoms with Crippen LogP contribution in [0, 0.1) is 0 Å². The Bertz CT molecular complexity index is 846. The molecule has 1 atom stereocenters. The second-order valence-electron chi connectivity index (χ2n) is 7.83. The molecule has 2 aromatic rings. The molecule has 1 fully saturated rings. The number of benzene rings is 2.